The van der Waals surface area contributed by atoms with Crippen LogP contribution in [0, 0.1) is 19.7 Å². The molecule has 3 aromatic heterocycles. The third-order valence-electron chi connectivity index (χ3n) is 4.95. The quantitative estimate of drug-likeness (QED) is 0.415. The van der Waals surface area contributed by atoms with Crippen molar-refractivity contribution in [3.05, 3.63) is 82.7 Å². The van der Waals surface area contributed by atoms with Gasteiger partial charge in [-0.25, -0.2) is 9.37 Å². The van der Waals surface area contributed by atoms with Gasteiger partial charge < -0.3 is 5.32 Å². The van der Waals surface area contributed by atoms with Gasteiger partial charge in [0.05, 0.1) is 11.1 Å². The molecule has 0 saturated carbocycles. The molecule has 5 rings (SSSR count). The van der Waals surface area contributed by atoms with E-state index in [1.165, 1.54) is 23.5 Å². The molecule has 0 aliphatic carbocycles. The number of benzene rings is 2. The van der Waals surface area contributed by atoms with E-state index < -0.39 is 0 Å². The average Bonchev–Trinajstić information content (AvgIpc) is 3.31. The van der Waals surface area contributed by atoms with Crippen molar-refractivity contribution in [2.24, 2.45) is 0 Å². The molecule has 0 aliphatic heterocycles. The second kappa shape index (κ2) is 7.03. The summed E-state index contributed by atoms with van der Waals surface area (Å²) < 4.78 is 15.2. The summed E-state index contributed by atoms with van der Waals surface area (Å²) in [5.41, 5.74) is 4.48. The van der Waals surface area contributed by atoms with Gasteiger partial charge in [0.2, 0.25) is 0 Å². The summed E-state index contributed by atoms with van der Waals surface area (Å²) in [6.45, 7) is 3.86. The predicted molar refractivity (Wildman–Crippen MR) is 118 cm³/mol. The van der Waals surface area contributed by atoms with E-state index in [0.29, 0.717) is 17.1 Å². The van der Waals surface area contributed by atoms with Crippen LogP contribution in [-0.4, -0.2) is 20.3 Å². The van der Waals surface area contributed by atoms with Gasteiger partial charge in [0.15, 0.2) is 4.96 Å². The summed E-state index contributed by atoms with van der Waals surface area (Å²) in [6.07, 6.45) is 1.86. The minimum absolute atomic E-state index is 0.243. The smallest absolute Gasteiger partial charge is 0.257 e. The molecule has 5 nitrogen and oxygen atoms in total. The minimum atomic E-state index is -0.320. The zero-order valence-electron chi connectivity index (χ0n) is 16.3. The molecule has 0 saturated heterocycles. The minimum Gasteiger partial charge on any atom is -0.306 e. The number of halogens is 1. The van der Waals surface area contributed by atoms with Crippen molar-refractivity contribution < 1.29 is 9.18 Å². The fourth-order valence-corrected chi connectivity index (χ4v) is 4.26. The van der Waals surface area contributed by atoms with Crippen LogP contribution in [0.5, 0.6) is 0 Å². The van der Waals surface area contributed by atoms with Crippen LogP contribution in [-0.2, 0) is 0 Å². The normalized spacial score (nSPS) is 11.3. The molecule has 0 radical (unpaired) electrons. The molecule has 0 atom stereocenters. The standard InChI is InChI=1S/C23H17FN4OS/c1-13-3-8-19-17(11-13)18(12-14(2)25-19)22(29)27-21-20(15-4-6-16(24)7-5-15)26-23-28(21)9-10-30-23/h3-12H,1-2H3,(H,27,29). The van der Waals surface area contributed by atoms with Crippen LogP contribution in [0.4, 0.5) is 10.2 Å². The molecule has 0 aliphatic rings. The number of pyridine rings is 1. The molecule has 30 heavy (non-hydrogen) atoms. The molecule has 5 aromatic rings. The Morgan fingerprint density at radius 1 is 1.07 bits per heavy atom. The highest BCUT2D eigenvalue weighted by molar-refractivity contribution is 7.15. The number of carbonyl (C=O) groups excluding carboxylic acids is 1. The first-order valence-electron chi connectivity index (χ1n) is 9.40. The first-order valence-corrected chi connectivity index (χ1v) is 10.3. The monoisotopic (exact) mass is 416 g/mol. The number of carbonyl (C=O) groups is 1. The number of nitrogens with zero attached hydrogens (tertiary/aromatic N) is 3. The Morgan fingerprint density at radius 3 is 2.67 bits per heavy atom. The van der Waals surface area contributed by atoms with Crippen LogP contribution in [0.1, 0.15) is 21.6 Å². The Hall–Kier alpha value is -3.58. The number of aryl methyl sites for hydroxylation is 2. The van der Waals surface area contributed by atoms with Gasteiger partial charge in [0, 0.05) is 28.2 Å². The maximum atomic E-state index is 13.4. The fourth-order valence-electron chi connectivity index (χ4n) is 3.55. The molecule has 0 unspecified atom stereocenters. The number of thiazole rings is 1. The number of hydrogen-bond acceptors (Lipinski definition) is 4. The number of nitrogens with one attached hydrogen (secondary N) is 1. The number of amides is 1. The molecular formula is C23H17FN4OS. The van der Waals surface area contributed by atoms with Gasteiger partial charge in [-0.2, -0.15) is 0 Å². The SMILES string of the molecule is Cc1ccc2nc(C)cc(C(=O)Nc3c(-c4ccc(F)cc4)nc4sccn34)c2c1. The van der Waals surface area contributed by atoms with Gasteiger partial charge in [-0.3, -0.25) is 14.2 Å². The van der Waals surface area contributed by atoms with E-state index in [9.17, 15) is 9.18 Å². The highest BCUT2D eigenvalue weighted by Crippen LogP contribution is 2.32. The Balaban J connectivity index is 1.63. The molecule has 7 heteroatoms. The zero-order valence-corrected chi connectivity index (χ0v) is 17.1. The van der Waals surface area contributed by atoms with Gasteiger partial charge in [0.1, 0.15) is 17.3 Å². The topological polar surface area (TPSA) is 59.3 Å². The first-order chi connectivity index (χ1) is 14.5. The van der Waals surface area contributed by atoms with Gasteiger partial charge in [-0.05, 0) is 56.3 Å². The van der Waals surface area contributed by atoms with Crippen molar-refractivity contribution >= 4 is 38.9 Å². The van der Waals surface area contributed by atoms with Crippen LogP contribution in [0.15, 0.2) is 60.1 Å². The molecule has 3 heterocycles. The Kier molecular flexibility index (Phi) is 4.33. The van der Waals surface area contributed by atoms with Crippen molar-refractivity contribution in [1.82, 2.24) is 14.4 Å². The molecule has 0 bridgehead atoms. The number of rotatable bonds is 3. The number of anilines is 1. The number of aromatic nitrogens is 3. The van der Waals surface area contributed by atoms with E-state index in [1.54, 1.807) is 18.2 Å². The molecule has 0 spiro atoms. The predicted octanol–water partition coefficient (Wildman–Crippen LogP) is 5.62. The Morgan fingerprint density at radius 2 is 1.87 bits per heavy atom. The van der Waals surface area contributed by atoms with Crippen molar-refractivity contribution in [1.29, 1.82) is 0 Å². The number of imidazole rings is 1. The van der Waals surface area contributed by atoms with E-state index in [1.807, 2.05) is 48.0 Å². The lowest BCUT2D eigenvalue weighted by atomic mass is 10.0. The van der Waals surface area contributed by atoms with Gasteiger partial charge in [0.25, 0.3) is 5.91 Å². The van der Waals surface area contributed by atoms with E-state index in [4.69, 9.17) is 0 Å². The van der Waals surface area contributed by atoms with E-state index in [0.717, 1.165) is 32.7 Å². The van der Waals surface area contributed by atoms with Gasteiger partial charge >= 0.3 is 0 Å². The van der Waals surface area contributed by atoms with Crippen LogP contribution in [0.3, 0.4) is 0 Å². The molecular weight excluding hydrogens is 399 g/mol. The molecule has 148 valence electrons. The van der Waals surface area contributed by atoms with Crippen molar-refractivity contribution in [3.63, 3.8) is 0 Å². The number of fused-ring (bicyclic) bond motifs is 2. The first kappa shape index (κ1) is 18.4. The summed E-state index contributed by atoms with van der Waals surface area (Å²) in [7, 11) is 0. The van der Waals surface area contributed by atoms with Crippen LogP contribution >= 0.6 is 11.3 Å². The largest absolute Gasteiger partial charge is 0.306 e. The summed E-state index contributed by atoms with van der Waals surface area (Å²) in [5.74, 6) is -0.00922. The summed E-state index contributed by atoms with van der Waals surface area (Å²) in [6, 6.07) is 13.8. The van der Waals surface area contributed by atoms with E-state index in [-0.39, 0.29) is 11.7 Å². The van der Waals surface area contributed by atoms with Gasteiger partial charge in [-0.1, -0.05) is 11.6 Å². The number of hydrogen-bond donors (Lipinski definition) is 1. The average molecular weight is 416 g/mol. The molecule has 1 amide bonds. The molecule has 2 aromatic carbocycles. The second-order valence-corrected chi connectivity index (χ2v) is 8.03. The van der Waals surface area contributed by atoms with E-state index >= 15 is 0 Å². The highest BCUT2D eigenvalue weighted by atomic mass is 32.1. The highest BCUT2D eigenvalue weighted by Gasteiger charge is 2.20. The van der Waals surface area contributed by atoms with Gasteiger partial charge in [-0.15, -0.1) is 11.3 Å². The van der Waals surface area contributed by atoms with Crippen LogP contribution in [0.2, 0.25) is 0 Å². The fraction of sp³-hybridized carbons (Fsp3) is 0.0870. The molecule has 1 N–H and O–H groups in total. The van der Waals surface area contributed by atoms with Crippen LogP contribution in [0.25, 0.3) is 27.1 Å². The Labute approximate surface area is 175 Å². The summed E-state index contributed by atoms with van der Waals surface area (Å²) in [4.78, 5) is 23.3. The maximum absolute atomic E-state index is 13.4. The lowest BCUT2D eigenvalue weighted by molar-refractivity contribution is 0.102. The third kappa shape index (κ3) is 3.13. The maximum Gasteiger partial charge on any atom is 0.257 e. The second-order valence-electron chi connectivity index (χ2n) is 7.16. The Bertz CT molecular complexity index is 1420. The lowest BCUT2D eigenvalue weighted by Gasteiger charge is -2.11. The third-order valence-corrected chi connectivity index (χ3v) is 5.71. The van der Waals surface area contributed by atoms with E-state index in [2.05, 4.69) is 15.3 Å². The van der Waals surface area contributed by atoms with Crippen molar-refractivity contribution in [2.45, 2.75) is 13.8 Å². The summed E-state index contributed by atoms with van der Waals surface area (Å²) in [5, 5.41) is 5.74. The summed E-state index contributed by atoms with van der Waals surface area (Å²) >= 11 is 1.47. The lowest BCUT2D eigenvalue weighted by Crippen LogP contribution is -2.15. The molecule has 0 fully saturated rings. The van der Waals surface area contributed by atoms with Crippen LogP contribution < -0.4 is 5.32 Å². The van der Waals surface area contributed by atoms with Crippen molar-refractivity contribution in [2.75, 3.05) is 5.32 Å². The van der Waals surface area contributed by atoms with Crippen molar-refractivity contribution in [3.8, 4) is 11.3 Å². The zero-order chi connectivity index (χ0) is 20.8.